The van der Waals surface area contributed by atoms with E-state index in [1.807, 2.05) is 22.8 Å². The first-order chi connectivity index (χ1) is 16.5. The van der Waals surface area contributed by atoms with Crippen LogP contribution in [0.4, 0.5) is 0 Å². The van der Waals surface area contributed by atoms with Gasteiger partial charge in [-0.25, -0.2) is 0 Å². The van der Waals surface area contributed by atoms with Crippen molar-refractivity contribution in [3.05, 3.63) is 39.3 Å². The van der Waals surface area contributed by atoms with Crippen molar-refractivity contribution in [2.24, 2.45) is 11.8 Å². The van der Waals surface area contributed by atoms with Gasteiger partial charge in [-0.15, -0.1) is 0 Å². The SMILES string of the molecule is Cc1onc2c1c(=O)n([C@@H]1CCC[C@H](CNC(=O)CCC3CCCCC3)C1)c1cccc(Cl)c21. The Kier molecular flexibility index (Phi) is 6.96. The standard InChI is InChI=1S/C27H34ClN3O3/c1-17-24-26(30-34-17)25-21(28)11-6-12-22(25)31(27(24)33)20-10-5-9-19(15-20)16-29-23(32)14-13-18-7-3-2-4-8-18/h6,11-12,18-20H,2-5,7-10,13-16H2,1H3,(H,29,32)/t19-,20+/m0/s1. The Balaban J connectivity index is 1.31. The van der Waals surface area contributed by atoms with Gasteiger partial charge in [0.05, 0.1) is 10.5 Å². The minimum Gasteiger partial charge on any atom is -0.360 e. The molecule has 34 heavy (non-hydrogen) atoms. The lowest BCUT2D eigenvalue weighted by atomic mass is 9.84. The maximum absolute atomic E-state index is 13.6. The highest BCUT2D eigenvalue weighted by Gasteiger charge is 2.28. The van der Waals surface area contributed by atoms with E-state index in [1.54, 1.807) is 6.92 Å². The molecule has 2 heterocycles. The zero-order chi connectivity index (χ0) is 23.7. The van der Waals surface area contributed by atoms with Gasteiger partial charge in [-0.2, -0.15) is 0 Å². The maximum Gasteiger partial charge on any atom is 0.264 e. The third kappa shape index (κ3) is 4.61. The predicted octanol–water partition coefficient (Wildman–Crippen LogP) is 6.31. The fraction of sp³-hybridized carbons (Fsp3) is 0.593. The summed E-state index contributed by atoms with van der Waals surface area (Å²) < 4.78 is 7.29. The first kappa shape index (κ1) is 23.4. The molecule has 0 spiro atoms. The van der Waals surface area contributed by atoms with E-state index < -0.39 is 0 Å². The van der Waals surface area contributed by atoms with E-state index in [0.29, 0.717) is 40.6 Å². The van der Waals surface area contributed by atoms with E-state index in [-0.39, 0.29) is 17.5 Å². The van der Waals surface area contributed by atoms with Crippen LogP contribution in [0.25, 0.3) is 21.8 Å². The Morgan fingerprint density at radius 3 is 2.74 bits per heavy atom. The number of nitrogens with zero attached hydrogens (tertiary/aromatic N) is 2. The summed E-state index contributed by atoms with van der Waals surface area (Å²) in [4.78, 5) is 26.1. The minimum atomic E-state index is -0.0642. The second-order valence-electron chi connectivity index (χ2n) is 10.3. The highest BCUT2D eigenvalue weighted by molar-refractivity contribution is 6.37. The molecule has 0 aliphatic heterocycles. The van der Waals surface area contributed by atoms with Crippen LogP contribution in [0, 0.1) is 18.8 Å². The molecule has 1 aromatic carbocycles. The Bertz CT molecular complexity index is 1240. The lowest BCUT2D eigenvalue weighted by Gasteiger charge is -2.31. The van der Waals surface area contributed by atoms with Crippen molar-refractivity contribution in [2.45, 2.75) is 83.6 Å². The molecule has 7 heteroatoms. The largest absolute Gasteiger partial charge is 0.360 e. The fourth-order valence-electron chi connectivity index (χ4n) is 6.18. The average molecular weight is 484 g/mol. The van der Waals surface area contributed by atoms with Gasteiger partial charge in [-0.3, -0.25) is 9.59 Å². The highest BCUT2D eigenvalue weighted by atomic mass is 35.5. The summed E-state index contributed by atoms with van der Waals surface area (Å²) in [5.74, 6) is 1.77. The van der Waals surface area contributed by atoms with Gasteiger partial charge in [0.15, 0.2) is 0 Å². The number of hydrogen-bond donors (Lipinski definition) is 1. The summed E-state index contributed by atoms with van der Waals surface area (Å²) in [6, 6.07) is 5.72. The predicted molar refractivity (Wildman–Crippen MR) is 135 cm³/mol. The number of pyridine rings is 1. The van der Waals surface area contributed by atoms with Gasteiger partial charge in [0.25, 0.3) is 5.56 Å². The first-order valence-corrected chi connectivity index (χ1v) is 13.3. The van der Waals surface area contributed by atoms with Gasteiger partial charge >= 0.3 is 0 Å². The summed E-state index contributed by atoms with van der Waals surface area (Å²) in [5, 5.41) is 9.19. The molecule has 0 bridgehead atoms. The molecule has 0 radical (unpaired) electrons. The molecule has 2 aromatic heterocycles. The van der Waals surface area contributed by atoms with Gasteiger partial charge in [0.2, 0.25) is 5.91 Å². The smallest absolute Gasteiger partial charge is 0.264 e. The van der Waals surface area contributed by atoms with Crippen LogP contribution < -0.4 is 10.9 Å². The molecule has 2 saturated carbocycles. The number of carbonyl (C=O) groups is 1. The third-order valence-corrected chi connectivity index (χ3v) is 8.31. The normalized spacial score (nSPS) is 21.8. The first-order valence-electron chi connectivity index (χ1n) is 12.9. The molecule has 5 rings (SSSR count). The van der Waals surface area contributed by atoms with Crippen molar-refractivity contribution < 1.29 is 9.32 Å². The van der Waals surface area contributed by atoms with Crippen molar-refractivity contribution >= 4 is 39.3 Å². The van der Waals surface area contributed by atoms with Crippen molar-refractivity contribution in [1.29, 1.82) is 0 Å². The van der Waals surface area contributed by atoms with Crippen LogP contribution in [0.3, 0.4) is 0 Å². The van der Waals surface area contributed by atoms with Crippen LogP contribution in [0.15, 0.2) is 27.5 Å². The van der Waals surface area contributed by atoms with Crippen LogP contribution in [0.2, 0.25) is 5.02 Å². The molecule has 182 valence electrons. The molecule has 6 nitrogen and oxygen atoms in total. The number of amides is 1. The molecule has 1 amide bonds. The fourth-order valence-corrected chi connectivity index (χ4v) is 6.43. The molecule has 2 fully saturated rings. The van der Waals surface area contributed by atoms with E-state index in [0.717, 1.165) is 48.9 Å². The maximum atomic E-state index is 13.6. The van der Waals surface area contributed by atoms with Gasteiger partial charge in [-0.1, -0.05) is 61.3 Å². The quantitative estimate of drug-likeness (QED) is 0.445. The van der Waals surface area contributed by atoms with Gasteiger partial charge in [0.1, 0.15) is 16.7 Å². The highest BCUT2D eigenvalue weighted by Crippen LogP contribution is 2.37. The number of fused-ring (bicyclic) bond motifs is 3. The van der Waals surface area contributed by atoms with Crippen LogP contribution in [-0.4, -0.2) is 22.2 Å². The van der Waals surface area contributed by atoms with E-state index >= 15 is 0 Å². The van der Waals surface area contributed by atoms with Gasteiger partial charge in [-0.05, 0) is 56.6 Å². The summed E-state index contributed by atoms with van der Waals surface area (Å²) in [6.45, 7) is 2.46. The zero-order valence-corrected chi connectivity index (χ0v) is 20.7. The zero-order valence-electron chi connectivity index (χ0n) is 19.9. The molecule has 2 atom stereocenters. The van der Waals surface area contributed by atoms with Crippen LogP contribution >= 0.6 is 11.6 Å². The summed E-state index contributed by atoms with van der Waals surface area (Å²) in [5.41, 5.74) is 1.28. The molecule has 1 N–H and O–H groups in total. The molecule has 0 unspecified atom stereocenters. The number of rotatable bonds is 6. The lowest BCUT2D eigenvalue weighted by molar-refractivity contribution is -0.121. The molecule has 2 aliphatic rings. The second kappa shape index (κ2) is 10.1. The van der Waals surface area contributed by atoms with E-state index in [1.165, 1.54) is 32.1 Å². The summed E-state index contributed by atoms with van der Waals surface area (Å²) in [6.07, 6.45) is 12.1. The average Bonchev–Trinajstić information content (AvgIpc) is 3.24. The van der Waals surface area contributed by atoms with Gasteiger partial charge in [0, 0.05) is 24.4 Å². The number of aryl methyl sites for hydroxylation is 1. The van der Waals surface area contributed by atoms with E-state index in [4.69, 9.17) is 16.1 Å². The van der Waals surface area contributed by atoms with Gasteiger partial charge < -0.3 is 14.4 Å². The van der Waals surface area contributed by atoms with Crippen molar-refractivity contribution in [3.8, 4) is 0 Å². The summed E-state index contributed by atoms with van der Waals surface area (Å²) >= 11 is 6.56. The van der Waals surface area contributed by atoms with Crippen molar-refractivity contribution in [1.82, 2.24) is 15.0 Å². The second-order valence-corrected chi connectivity index (χ2v) is 10.7. The topological polar surface area (TPSA) is 77.1 Å². The Labute approximate surface area is 205 Å². The number of halogens is 1. The summed E-state index contributed by atoms with van der Waals surface area (Å²) in [7, 11) is 0. The Morgan fingerprint density at radius 1 is 1.12 bits per heavy atom. The molecule has 3 aromatic rings. The number of benzene rings is 1. The lowest BCUT2D eigenvalue weighted by Crippen LogP contribution is -2.35. The molecular formula is C27H34ClN3O3. The number of hydrogen-bond acceptors (Lipinski definition) is 4. The Hall–Kier alpha value is -2.34. The molecular weight excluding hydrogens is 450 g/mol. The third-order valence-electron chi connectivity index (χ3n) is 8.00. The minimum absolute atomic E-state index is 0.0602. The van der Waals surface area contributed by atoms with Crippen molar-refractivity contribution in [2.75, 3.05) is 6.54 Å². The Morgan fingerprint density at radius 2 is 1.91 bits per heavy atom. The molecule has 2 aliphatic carbocycles. The number of carbonyl (C=O) groups excluding carboxylic acids is 1. The van der Waals surface area contributed by atoms with Crippen LogP contribution in [-0.2, 0) is 4.79 Å². The van der Waals surface area contributed by atoms with Crippen LogP contribution in [0.1, 0.15) is 82.4 Å². The van der Waals surface area contributed by atoms with Crippen molar-refractivity contribution in [3.63, 3.8) is 0 Å². The van der Waals surface area contributed by atoms with Crippen LogP contribution in [0.5, 0.6) is 0 Å². The number of nitrogens with one attached hydrogen (secondary N) is 1. The number of aromatic nitrogens is 2. The monoisotopic (exact) mass is 483 g/mol. The molecule has 0 saturated heterocycles. The van der Waals surface area contributed by atoms with E-state index in [9.17, 15) is 9.59 Å². The van der Waals surface area contributed by atoms with E-state index in [2.05, 4.69) is 10.5 Å².